The Hall–Kier alpha value is -3.58. The normalized spacial score (nSPS) is 21.0. The predicted molar refractivity (Wildman–Crippen MR) is 179 cm³/mol. The number of anilines is 2. The van der Waals surface area contributed by atoms with Crippen LogP contribution in [0.2, 0.25) is 5.02 Å². The third kappa shape index (κ3) is 7.19. The monoisotopic (exact) mass is 728 g/mol. The highest BCUT2D eigenvalue weighted by Gasteiger charge is 2.45. The number of hydrogen-bond donors (Lipinski definition) is 1. The van der Waals surface area contributed by atoms with E-state index < -0.39 is 30.0 Å². The number of alkyl halides is 4. The molecule has 3 aliphatic heterocycles. The van der Waals surface area contributed by atoms with E-state index in [9.17, 15) is 27.2 Å². The molecular formula is C33H35ClF6N6O2S. The summed E-state index contributed by atoms with van der Waals surface area (Å²) in [6.07, 6.45) is -2.18. The van der Waals surface area contributed by atoms with Crippen molar-refractivity contribution >= 4 is 54.7 Å². The largest absolute Gasteiger partial charge is 0.467 e. The Balaban J connectivity index is 0.000000361. The molecule has 0 saturated carbocycles. The molecule has 0 bridgehead atoms. The van der Waals surface area contributed by atoms with E-state index >= 15 is 4.39 Å². The second kappa shape index (κ2) is 15.1. The van der Waals surface area contributed by atoms with E-state index in [1.807, 2.05) is 19.9 Å². The number of ether oxygens (including phenoxy) is 2. The lowest BCUT2D eigenvalue weighted by atomic mass is 9.97. The van der Waals surface area contributed by atoms with Crippen molar-refractivity contribution in [1.82, 2.24) is 14.9 Å². The van der Waals surface area contributed by atoms with Gasteiger partial charge in [0, 0.05) is 42.1 Å². The number of benzene rings is 2. The van der Waals surface area contributed by atoms with Crippen molar-refractivity contribution < 1.29 is 35.8 Å². The molecule has 2 aromatic carbocycles. The third-order valence-electron chi connectivity index (χ3n) is 8.72. The molecule has 0 amide bonds. The van der Waals surface area contributed by atoms with Crippen LogP contribution in [0.3, 0.4) is 0 Å². The van der Waals surface area contributed by atoms with Crippen molar-refractivity contribution in [3.63, 3.8) is 0 Å². The van der Waals surface area contributed by atoms with Gasteiger partial charge >= 0.3 is 12.2 Å². The van der Waals surface area contributed by atoms with Crippen LogP contribution in [-0.4, -0.2) is 79.3 Å². The highest BCUT2D eigenvalue weighted by molar-refractivity contribution is 7.23. The average molecular weight is 729 g/mol. The summed E-state index contributed by atoms with van der Waals surface area (Å²) in [4.78, 5) is 11.5. The fourth-order valence-electron chi connectivity index (χ4n) is 6.62. The molecule has 3 aliphatic rings. The SMILES string of the molecule is CC.COc1nc(N2CCOCCC2C(F)(F)F)c2cc(Cl)c(-c3ccc(F)c4sc(N)c(C#N)c34)c(F)c2n1.FC1CC2CCCN2C1. The van der Waals surface area contributed by atoms with Crippen LogP contribution in [0.4, 0.5) is 37.2 Å². The fraction of sp³-hybridized carbons (Fsp3) is 0.485. The van der Waals surface area contributed by atoms with E-state index in [0.717, 1.165) is 35.3 Å². The summed E-state index contributed by atoms with van der Waals surface area (Å²) >= 11 is 7.36. The second-order valence-electron chi connectivity index (χ2n) is 11.5. The van der Waals surface area contributed by atoms with Crippen LogP contribution in [0.15, 0.2) is 18.2 Å². The van der Waals surface area contributed by atoms with Gasteiger partial charge in [0.15, 0.2) is 5.82 Å². The zero-order chi connectivity index (χ0) is 35.6. The minimum absolute atomic E-state index is 0.0151. The number of nitrogens with zero attached hydrogens (tertiary/aromatic N) is 5. The van der Waals surface area contributed by atoms with Crippen LogP contribution in [0.25, 0.3) is 32.1 Å². The van der Waals surface area contributed by atoms with Gasteiger partial charge in [-0.05, 0) is 49.9 Å². The van der Waals surface area contributed by atoms with E-state index in [2.05, 4.69) is 14.9 Å². The Morgan fingerprint density at radius 1 is 1.14 bits per heavy atom. The quantitative estimate of drug-likeness (QED) is 0.211. The van der Waals surface area contributed by atoms with Crippen LogP contribution in [-0.2, 0) is 4.74 Å². The van der Waals surface area contributed by atoms with E-state index in [0.29, 0.717) is 12.6 Å². The average Bonchev–Trinajstić information content (AvgIpc) is 3.68. The van der Waals surface area contributed by atoms with Crippen molar-refractivity contribution in [2.75, 3.05) is 50.6 Å². The fourth-order valence-corrected chi connectivity index (χ4v) is 7.86. The number of thiophene rings is 1. The Bertz CT molecular complexity index is 1860. The maximum absolute atomic E-state index is 16.3. The summed E-state index contributed by atoms with van der Waals surface area (Å²) in [5.74, 6) is -1.90. The number of nitrogen functional groups attached to an aromatic ring is 1. The Morgan fingerprint density at radius 2 is 1.90 bits per heavy atom. The highest BCUT2D eigenvalue weighted by Crippen LogP contribution is 2.46. The number of hydrogen-bond acceptors (Lipinski definition) is 9. The van der Waals surface area contributed by atoms with Gasteiger partial charge in [-0.1, -0.05) is 31.5 Å². The van der Waals surface area contributed by atoms with Gasteiger partial charge in [-0.2, -0.15) is 28.4 Å². The second-order valence-corrected chi connectivity index (χ2v) is 13.0. The molecule has 2 aromatic heterocycles. The van der Waals surface area contributed by atoms with Crippen molar-refractivity contribution in [3.8, 4) is 23.2 Å². The standard InChI is InChI=1S/C24H17ClF5N5O2S.C7H12FN.C2H6/c1-36-23-33-19-11(22(34-23)35-5-7-37-6-4-15(35)24(28,29)30)8-13(25)17(18(19)27)10-2-3-14(26)20-16(10)12(9-31)21(32)38-20;8-6-4-7-2-1-3-9(7)5-6;1-2/h2-3,8,15H,4-7,32H2,1H3;6-7H,1-5H2;1-2H3. The summed E-state index contributed by atoms with van der Waals surface area (Å²) in [6, 6.07) is 3.79. The van der Waals surface area contributed by atoms with E-state index in [-0.39, 0.29) is 85.7 Å². The van der Waals surface area contributed by atoms with Gasteiger partial charge < -0.3 is 20.1 Å². The molecule has 3 atom stereocenters. The maximum atomic E-state index is 16.3. The Labute approximate surface area is 288 Å². The molecule has 0 aliphatic carbocycles. The molecule has 3 fully saturated rings. The van der Waals surface area contributed by atoms with Crippen LogP contribution in [0.5, 0.6) is 6.01 Å². The highest BCUT2D eigenvalue weighted by atomic mass is 35.5. The first-order valence-corrected chi connectivity index (χ1v) is 17.1. The van der Waals surface area contributed by atoms with Gasteiger partial charge in [0.2, 0.25) is 0 Å². The number of methoxy groups -OCH3 is 1. The zero-order valence-electron chi connectivity index (χ0n) is 27.0. The van der Waals surface area contributed by atoms with Gasteiger partial charge in [-0.25, -0.2) is 13.2 Å². The molecule has 49 heavy (non-hydrogen) atoms. The van der Waals surface area contributed by atoms with Gasteiger partial charge in [0.05, 0.1) is 29.0 Å². The predicted octanol–water partition coefficient (Wildman–Crippen LogP) is 8.28. The molecule has 16 heteroatoms. The van der Waals surface area contributed by atoms with E-state index in [4.69, 9.17) is 26.8 Å². The molecule has 4 aromatic rings. The number of nitriles is 1. The summed E-state index contributed by atoms with van der Waals surface area (Å²) in [7, 11) is 1.20. The topological polar surface area (TPSA) is 101 Å². The van der Waals surface area contributed by atoms with Gasteiger partial charge in [0.25, 0.3) is 0 Å². The lowest BCUT2D eigenvalue weighted by Crippen LogP contribution is -2.46. The molecule has 5 heterocycles. The van der Waals surface area contributed by atoms with Crippen molar-refractivity contribution in [2.24, 2.45) is 0 Å². The first kappa shape index (κ1) is 36.7. The maximum Gasteiger partial charge on any atom is 0.408 e. The molecule has 0 spiro atoms. The van der Waals surface area contributed by atoms with Crippen molar-refractivity contribution in [3.05, 3.63) is 40.4 Å². The summed E-state index contributed by atoms with van der Waals surface area (Å²) in [5.41, 5.74) is 5.34. The van der Waals surface area contributed by atoms with Gasteiger partial charge in [-0.15, -0.1) is 11.3 Å². The molecule has 7 rings (SSSR count). The molecule has 0 radical (unpaired) electrons. The van der Waals surface area contributed by atoms with E-state index in [1.165, 1.54) is 32.1 Å². The summed E-state index contributed by atoms with van der Waals surface area (Å²) < 4.78 is 95.8. The van der Waals surface area contributed by atoms with E-state index in [1.54, 1.807) is 0 Å². The Kier molecular flexibility index (Phi) is 11.3. The lowest BCUT2D eigenvalue weighted by molar-refractivity contribution is -0.150. The molecule has 2 N–H and O–H groups in total. The Morgan fingerprint density at radius 3 is 2.57 bits per heavy atom. The number of aromatic nitrogens is 2. The lowest BCUT2D eigenvalue weighted by Gasteiger charge is -2.32. The number of rotatable bonds is 3. The smallest absolute Gasteiger partial charge is 0.408 e. The number of halogens is 7. The molecule has 8 nitrogen and oxygen atoms in total. The minimum atomic E-state index is -4.63. The zero-order valence-corrected chi connectivity index (χ0v) is 28.6. The van der Waals surface area contributed by atoms with Crippen LogP contribution < -0.4 is 15.4 Å². The summed E-state index contributed by atoms with van der Waals surface area (Å²) in [5, 5.41) is 9.44. The third-order valence-corrected chi connectivity index (χ3v) is 10.0. The van der Waals surface area contributed by atoms with Gasteiger partial charge in [-0.3, -0.25) is 4.90 Å². The molecule has 3 unspecified atom stereocenters. The van der Waals surface area contributed by atoms with Crippen molar-refractivity contribution in [1.29, 1.82) is 5.26 Å². The minimum Gasteiger partial charge on any atom is -0.467 e. The summed E-state index contributed by atoms with van der Waals surface area (Å²) in [6.45, 7) is 5.54. The first-order chi connectivity index (χ1) is 23.4. The van der Waals surface area contributed by atoms with Crippen molar-refractivity contribution in [2.45, 2.75) is 64.0 Å². The van der Waals surface area contributed by atoms with Crippen LogP contribution in [0, 0.1) is 23.0 Å². The van der Waals surface area contributed by atoms with Crippen LogP contribution in [0.1, 0.15) is 45.1 Å². The number of nitrogens with two attached hydrogens (primary N) is 1. The molecule has 3 saturated heterocycles. The van der Waals surface area contributed by atoms with Crippen LogP contribution >= 0.6 is 22.9 Å². The first-order valence-electron chi connectivity index (χ1n) is 15.9. The number of fused-ring (bicyclic) bond motifs is 3. The molecular weight excluding hydrogens is 694 g/mol. The molecule has 264 valence electrons. The van der Waals surface area contributed by atoms with Gasteiger partial charge in [0.1, 0.15) is 40.4 Å².